The molecule has 174 valence electrons. The zero-order valence-corrected chi connectivity index (χ0v) is 19.9. The second-order valence-electron chi connectivity index (χ2n) is 10.0. The molecule has 8 heteroatoms. The lowest BCUT2D eigenvalue weighted by molar-refractivity contribution is 0.0292. The normalized spacial score (nSPS) is 16.8. The molecule has 0 radical (unpaired) electrons. The van der Waals surface area contributed by atoms with Gasteiger partial charge in [-0.1, -0.05) is 6.07 Å². The number of nitrogens with zero attached hydrogens (tertiary/aromatic N) is 2. The molecule has 1 aromatic heterocycles. The van der Waals surface area contributed by atoms with Gasteiger partial charge in [-0.3, -0.25) is 4.57 Å². The Kier molecular flexibility index (Phi) is 6.26. The largest absolute Gasteiger partial charge is 0.465 e. The molecule has 2 heterocycles. The van der Waals surface area contributed by atoms with Crippen molar-refractivity contribution < 1.29 is 28.6 Å². The van der Waals surface area contributed by atoms with Crippen molar-refractivity contribution in [3.8, 4) is 0 Å². The van der Waals surface area contributed by atoms with Crippen LogP contribution in [0.5, 0.6) is 0 Å². The van der Waals surface area contributed by atoms with Crippen molar-refractivity contribution in [1.82, 2.24) is 9.47 Å². The standard InChI is InChI=1S/C24H32N2O6/c1-23(2,3)31-21(28)25-12-10-15(14-25)16-8-9-18(20(27)30-7)19-17(16)11-13-26(19)22(29)32-24(4,5)6/h8-9,11,13,15H,10,12,14H2,1-7H3. The third-order valence-electron chi connectivity index (χ3n) is 5.16. The molecule has 1 atom stereocenters. The number of likely N-dealkylation sites (tertiary alicyclic amines) is 1. The van der Waals surface area contributed by atoms with Gasteiger partial charge < -0.3 is 19.1 Å². The number of hydrogen-bond donors (Lipinski definition) is 0. The summed E-state index contributed by atoms with van der Waals surface area (Å²) in [6.45, 7) is 12.0. The summed E-state index contributed by atoms with van der Waals surface area (Å²) in [4.78, 5) is 39.4. The molecule has 1 aliphatic rings. The van der Waals surface area contributed by atoms with Crippen LogP contribution in [0.1, 0.15) is 69.8 Å². The van der Waals surface area contributed by atoms with Crippen LogP contribution >= 0.6 is 0 Å². The average molecular weight is 445 g/mol. The summed E-state index contributed by atoms with van der Waals surface area (Å²) in [7, 11) is 1.30. The van der Waals surface area contributed by atoms with Gasteiger partial charge in [0.05, 0.1) is 18.2 Å². The summed E-state index contributed by atoms with van der Waals surface area (Å²) in [5.74, 6) is -0.488. The number of benzene rings is 1. The first-order chi connectivity index (χ1) is 14.8. The Morgan fingerprint density at radius 1 is 0.938 bits per heavy atom. The van der Waals surface area contributed by atoms with Crippen LogP contribution in [0.4, 0.5) is 9.59 Å². The number of carbonyl (C=O) groups excluding carboxylic acids is 3. The van der Waals surface area contributed by atoms with E-state index in [-0.39, 0.29) is 17.6 Å². The third-order valence-corrected chi connectivity index (χ3v) is 5.16. The number of carbonyl (C=O) groups is 3. The lowest BCUT2D eigenvalue weighted by atomic mass is 9.93. The van der Waals surface area contributed by atoms with Gasteiger partial charge in [0.1, 0.15) is 11.2 Å². The highest BCUT2D eigenvalue weighted by atomic mass is 16.6. The molecule has 32 heavy (non-hydrogen) atoms. The van der Waals surface area contributed by atoms with Crippen molar-refractivity contribution >= 4 is 29.1 Å². The number of hydrogen-bond acceptors (Lipinski definition) is 6. The van der Waals surface area contributed by atoms with Crippen LogP contribution in [0.25, 0.3) is 10.9 Å². The van der Waals surface area contributed by atoms with E-state index in [0.29, 0.717) is 18.6 Å². The molecule has 0 saturated carbocycles. The first-order valence-electron chi connectivity index (χ1n) is 10.7. The Bertz CT molecular complexity index is 1040. The zero-order valence-electron chi connectivity index (χ0n) is 19.9. The quantitative estimate of drug-likeness (QED) is 0.482. The minimum atomic E-state index is -0.684. The number of amides is 1. The first-order valence-corrected chi connectivity index (χ1v) is 10.7. The SMILES string of the molecule is COC(=O)c1ccc(C2CCN(C(=O)OC(C)(C)C)C2)c2ccn(C(=O)OC(C)(C)C)c12. The molecule has 1 amide bonds. The Morgan fingerprint density at radius 3 is 2.16 bits per heavy atom. The Labute approximate surface area is 188 Å². The fourth-order valence-electron chi connectivity index (χ4n) is 3.88. The number of aromatic nitrogens is 1. The summed E-state index contributed by atoms with van der Waals surface area (Å²) in [6.07, 6.45) is 1.45. The Morgan fingerprint density at radius 2 is 1.56 bits per heavy atom. The molecule has 0 bridgehead atoms. The summed E-state index contributed by atoms with van der Waals surface area (Å²) in [5.41, 5.74) is 0.440. The zero-order chi connectivity index (χ0) is 23.8. The van der Waals surface area contributed by atoms with Crippen LogP contribution in [0, 0.1) is 0 Å². The molecular weight excluding hydrogens is 412 g/mol. The number of rotatable bonds is 2. The predicted octanol–water partition coefficient (Wildman–Crippen LogP) is 4.94. The van der Waals surface area contributed by atoms with E-state index < -0.39 is 23.3 Å². The van der Waals surface area contributed by atoms with Gasteiger partial charge in [-0.05, 0) is 65.7 Å². The first kappa shape index (κ1) is 23.6. The second kappa shape index (κ2) is 8.48. The summed E-state index contributed by atoms with van der Waals surface area (Å²) < 4.78 is 17.3. The maximum Gasteiger partial charge on any atom is 0.419 e. The molecule has 1 saturated heterocycles. The van der Waals surface area contributed by atoms with E-state index >= 15 is 0 Å². The molecule has 1 aromatic carbocycles. The second-order valence-corrected chi connectivity index (χ2v) is 10.0. The molecule has 8 nitrogen and oxygen atoms in total. The van der Waals surface area contributed by atoms with Crippen LogP contribution in [0.2, 0.25) is 0 Å². The molecule has 0 aliphatic carbocycles. The van der Waals surface area contributed by atoms with Gasteiger partial charge in [-0.25, -0.2) is 14.4 Å². The fourth-order valence-corrected chi connectivity index (χ4v) is 3.88. The van der Waals surface area contributed by atoms with Crippen molar-refractivity contribution in [3.05, 3.63) is 35.5 Å². The Hall–Kier alpha value is -3.03. The van der Waals surface area contributed by atoms with E-state index in [0.717, 1.165) is 17.4 Å². The topological polar surface area (TPSA) is 87.1 Å². The highest BCUT2D eigenvalue weighted by Gasteiger charge is 2.33. The molecule has 1 unspecified atom stereocenters. The van der Waals surface area contributed by atoms with Crippen molar-refractivity contribution in [2.24, 2.45) is 0 Å². The van der Waals surface area contributed by atoms with Crippen LogP contribution in [-0.4, -0.2) is 59.0 Å². The van der Waals surface area contributed by atoms with Crippen molar-refractivity contribution in [2.75, 3.05) is 20.2 Å². The van der Waals surface area contributed by atoms with Gasteiger partial charge in [-0.2, -0.15) is 0 Å². The minimum Gasteiger partial charge on any atom is -0.465 e. The van der Waals surface area contributed by atoms with Gasteiger partial charge in [0.25, 0.3) is 0 Å². The van der Waals surface area contributed by atoms with Crippen molar-refractivity contribution in [1.29, 1.82) is 0 Å². The number of esters is 1. The highest BCUT2D eigenvalue weighted by Crippen LogP contribution is 2.35. The maximum absolute atomic E-state index is 12.8. The number of fused-ring (bicyclic) bond motifs is 1. The molecule has 2 aromatic rings. The fraction of sp³-hybridized carbons (Fsp3) is 0.542. The highest BCUT2D eigenvalue weighted by molar-refractivity contribution is 6.07. The van der Waals surface area contributed by atoms with E-state index in [4.69, 9.17) is 14.2 Å². The number of ether oxygens (including phenoxy) is 3. The molecule has 1 aliphatic heterocycles. The summed E-state index contributed by atoms with van der Waals surface area (Å²) in [6, 6.07) is 5.34. The minimum absolute atomic E-state index is 0.0474. The molecule has 1 fully saturated rings. The lowest BCUT2D eigenvalue weighted by Gasteiger charge is -2.24. The maximum atomic E-state index is 12.8. The summed E-state index contributed by atoms with van der Waals surface area (Å²) >= 11 is 0. The molecule has 0 N–H and O–H groups in total. The van der Waals surface area contributed by atoms with Gasteiger partial charge in [-0.15, -0.1) is 0 Å². The van der Waals surface area contributed by atoms with E-state index in [1.165, 1.54) is 11.7 Å². The van der Waals surface area contributed by atoms with E-state index in [1.54, 1.807) is 44.0 Å². The monoisotopic (exact) mass is 444 g/mol. The van der Waals surface area contributed by atoms with Gasteiger partial charge in [0, 0.05) is 30.6 Å². The van der Waals surface area contributed by atoms with Crippen LogP contribution in [-0.2, 0) is 14.2 Å². The van der Waals surface area contributed by atoms with Crippen molar-refractivity contribution in [2.45, 2.75) is 65.1 Å². The molecular formula is C24H32N2O6. The predicted molar refractivity (Wildman–Crippen MR) is 120 cm³/mol. The van der Waals surface area contributed by atoms with Gasteiger partial charge >= 0.3 is 18.2 Å². The van der Waals surface area contributed by atoms with Crippen molar-refractivity contribution in [3.63, 3.8) is 0 Å². The Balaban J connectivity index is 1.99. The number of methoxy groups -OCH3 is 1. The van der Waals surface area contributed by atoms with E-state index in [1.807, 2.05) is 26.8 Å². The van der Waals surface area contributed by atoms with Gasteiger partial charge in [0.15, 0.2) is 0 Å². The van der Waals surface area contributed by atoms with E-state index in [9.17, 15) is 14.4 Å². The average Bonchev–Trinajstić information content (AvgIpc) is 3.31. The van der Waals surface area contributed by atoms with Crippen LogP contribution < -0.4 is 0 Å². The third kappa shape index (κ3) is 5.06. The molecule has 0 spiro atoms. The van der Waals surface area contributed by atoms with E-state index in [2.05, 4.69) is 0 Å². The summed E-state index contributed by atoms with van der Waals surface area (Å²) in [5, 5.41) is 0.759. The van der Waals surface area contributed by atoms with Gasteiger partial charge in [0.2, 0.25) is 0 Å². The smallest absolute Gasteiger partial charge is 0.419 e. The van der Waals surface area contributed by atoms with Crippen LogP contribution in [0.15, 0.2) is 24.4 Å². The molecule has 3 rings (SSSR count). The van der Waals surface area contributed by atoms with Crippen LogP contribution in [0.3, 0.4) is 0 Å². The lowest BCUT2D eigenvalue weighted by Crippen LogP contribution is -2.35.